The molecule has 0 saturated heterocycles. The van der Waals surface area contributed by atoms with Gasteiger partial charge in [-0.2, -0.15) is 0 Å². The summed E-state index contributed by atoms with van der Waals surface area (Å²) in [7, 11) is 4.48. The average Bonchev–Trinajstić information content (AvgIpc) is 2.70. The Morgan fingerprint density at radius 3 is 2.15 bits per heavy atom. The van der Waals surface area contributed by atoms with Gasteiger partial charge in [0.25, 0.3) is 6.47 Å². The first kappa shape index (κ1) is 19.1. The molecule has 26 heavy (non-hydrogen) atoms. The molecule has 138 valence electrons. The van der Waals surface area contributed by atoms with Crippen molar-refractivity contribution < 1.29 is 33.3 Å². The van der Waals surface area contributed by atoms with Crippen molar-refractivity contribution in [3.05, 3.63) is 48.0 Å². The van der Waals surface area contributed by atoms with E-state index < -0.39 is 6.10 Å². The van der Waals surface area contributed by atoms with E-state index in [0.717, 1.165) is 0 Å². The van der Waals surface area contributed by atoms with Crippen LogP contribution in [0.3, 0.4) is 0 Å². The quantitative estimate of drug-likeness (QED) is 0.476. The summed E-state index contributed by atoms with van der Waals surface area (Å²) in [5, 5.41) is 0. The fourth-order valence-corrected chi connectivity index (χ4v) is 2.33. The minimum atomic E-state index is -1.05. The first-order chi connectivity index (χ1) is 12.6. The Balaban J connectivity index is 2.30. The molecule has 7 heteroatoms. The molecule has 0 fully saturated rings. The Labute approximate surface area is 151 Å². The first-order valence-electron chi connectivity index (χ1n) is 7.75. The SMILES string of the molecule is COc1ccc(C(=O)C(COC=O)Oc2ccccc2OC)cc1OC. The van der Waals surface area contributed by atoms with Crippen LogP contribution in [0.4, 0.5) is 0 Å². The van der Waals surface area contributed by atoms with Gasteiger partial charge in [-0.05, 0) is 30.3 Å². The van der Waals surface area contributed by atoms with Crippen LogP contribution in [-0.2, 0) is 9.53 Å². The smallest absolute Gasteiger partial charge is 0.293 e. The van der Waals surface area contributed by atoms with Gasteiger partial charge in [0.15, 0.2) is 29.1 Å². The maximum atomic E-state index is 12.9. The lowest BCUT2D eigenvalue weighted by Gasteiger charge is -2.19. The molecule has 2 aromatic carbocycles. The van der Waals surface area contributed by atoms with Gasteiger partial charge in [-0.1, -0.05) is 12.1 Å². The lowest BCUT2D eigenvalue weighted by atomic mass is 10.1. The van der Waals surface area contributed by atoms with Crippen molar-refractivity contribution >= 4 is 12.3 Å². The third-order valence-corrected chi connectivity index (χ3v) is 3.61. The number of hydrogen-bond acceptors (Lipinski definition) is 7. The number of ether oxygens (including phenoxy) is 5. The first-order valence-corrected chi connectivity index (χ1v) is 7.75. The van der Waals surface area contributed by atoms with E-state index in [1.165, 1.54) is 21.3 Å². The molecule has 1 unspecified atom stereocenters. The largest absolute Gasteiger partial charge is 0.493 e. The number of rotatable bonds is 10. The summed E-state index contributed by atoms with van der Waals surface area (Å²) >= 11 is 0. The number of para-hydroxylation sites is 2. The second-order valence-electron chi connectivity index (χ2n) is 5.12. The van der Waals surface area contributed by atoms with Crippen molar-refractivity contribution in [2.24, 2.45) is 0 Å². The molecule has 0 aliphatic carbocycles. The van der Waals surface area contributed by atoms with E-state index in [2.05, 4.69) is 0 Å². The van der Waals surface area contributed by atoms with Crippen LogP contribution in [0.25, 0.3) is 0 Å². The Morgan fingerprint density at radius 2 is 1.54 bits per heavy atom. The van der Waals surface area contributed by atoms with Crippen LogP contribution < -0.4 is 18.9 Å². The van der Waals surface area contributed by atoms with E-state index >= 15 is 0 Å². The van der Waals surface area contributed by atoms with Crippen molar-refractivity contribution in [1.82, 2.24) is 0 Å². The highest BCUT2D eigenvalue weighted by atomic mass is 16.6. The van der Waals surface area contributed by atoms with Crippen molar-refractivity contribution in [2.75, 3.05) is 27.9 Å². The minimum absolute atomic E-state index is 0.241. The van der Waals surface area contributed by atoms with Crippen molar-refractivity contribution in [1.29, 1.82) is 0 Å². The van der Waals surface area contributed by atoms with Crippen molar-refractivity contribution in [3.63, 3.8) is 0 Å². The monoisotopic (exact) mass is 360 g/mol. The van der Waals surface area contributed by atoms with Crippen LogP contribution >= 0.6 is 0 Å². The number of carbonyl (C=O) groups is 2. The molecule has 1 atom stereocenters. The van der Waals surface area contributed by atoms with Gasteiger partial charge >= 0.3 is 0 Å². The normalized spacial score (nSPS) is 11.2. The van der Waals surface area contributed by atoms with E-state index in [1.807, 2.05) is 0 Å². The molecule has 0 aliphatic heterocycles. The van der Waals surface area contributed by atoms with Gasteiger partial charge in [-0.15, -0.1) is 0 Å². The molecule has 0 aliphatic rings. The summed E-state index contributed by atoms with van der Waals surface area (Å²) in [6.45, 7) is 0.0230. The summed E-state index contributed by atoms with van der Waals surface area (Å²) in [4.78, 5) is 23.4. The van der Waals surface area contributed by atoms with E-state index in [0.29, 0.717) is 28.6 Å². The maximum Gasteiger partial charge on any atom is 0.293 e. The van der Waals surface area contributed by atoms with Gasteiger partial charge in [0.05, 0.1) is 21.3 Å². The third-order valence-electron chi connectivity index (χ3n) is 3.61. The Bertz CT molecular complexity index is 757. The molecule has 0 spiro atoms. The number of ketones is 1. The van der Waals surface area contributed by atoms with Gasteiger partial charge in [0, 0.05) is 5.56 Å². The number of hydrogen-bond donors (Lipinski definition) is 0. The predicted molar refractivity (Wildman–Crippen MR) is 93.3 cm³/mol. The Kier molecular flexibility index (Phi) is 6.84. The molecule has 2 aromatic rings. The summed E-state index contributed by atoms with van der Waals surface area (Å²) in [5.41, 5.74) is 0.331. The molecule has 0 aromatic heterocycles. The minimum Gasteiger partial charge on any atom is -0.493 e. The Morgan fingerprint density at radius 1 is 0.923 bits per heavy atom. The summed E-state index contributed by atoms with van der Waals surface area (Å²) < 4.78 is 26.1. The summed E-state index contributed by atoms with van der Waals surface area (Å²) in [5.74, 6) is 1.35. The van der Waals surface area contributed by atoms with E-state index in [-0.39, 0.29) is 18.9 Å². The molecule has 0 amide bonds. The highest BCUT2D eigenvalue weighted by molar-refractivity contribution is 6.00. The van der Waals surface area contributed by atoms with Crippen molar-refractivity contribution in [3.8, 4) is 23.0 Å². The van der Waals surface area contributed by atoms with Gasteiger partial charge in [0.2, 0.25) is 5.78 Å². The highest BCUT2D eigenvalue weighted by Crippen LogP contribution is 2.30. The average molecular weight is 360 g/mol. The second-order valence-corrected chi connectivity index (χ2v) is 5.12. The number of carbonyl (C=O) groups excluding carboxylic acids is 2. The van der Waals surface area contributed by atoms with Crippen LogP contribution in [0, 0.1) is 0 Å². The highest BCUT2D eigenvalue weighted by Gasteiger charge is 2.25. The van der Waals surface area contributed by atoms with Crippen molar-refractivity contribution in [2.45, 2.75) is 6.10 Å². The zero-order valence-electron chi connectivity index (χ0n) is 14.8. The van der Waals surface area contributed by atoms with E-state index in [9.17, 15) is 9.59 Å². The number of methoxy groups -OCH3 is 3. The fourth-order valence-electron chi connectivity index (χ4n) is 2.33. The Hall–Kier alpha value is -3.22. The molecule has 2 rings (SSSR count). The summed E-state index contributed by atoms with van der Waals surface area (Å²) in [6.07, 6.45) is -1.05. The third kappa shape index (κ3) is 4.44. The zero-order chi connectivity index (χ0) is 18.9. The van der Waals surface area contributed by atoms with Crippen LogP contribution in [-0.4, -0.2) is 46.3 Å². The van der Waals surface area contributed by atoms with E-state index in [4.69, 9.17) is 23.7 Å². The van der Waals surface area contributed by atoms with Crippen LogP contribution in [0.5, 0.6) is 23.0 Å². The van der Waals surface area contributed by atoms with Gasteiger partial charge in [-0.25, -0.2) is 0 Å². The van der Waals surface area contributed by atoms with Gasteiger partial charge in [0.1, 0.15) is 6.61 Å². The summed E-state index contributed by atoms with van der Waals surface area (Å²) in [6, 6.07) is 11.6. The van der Waals surface area contributed by atoms with Crippen LogP contribution in [0.1, 0.15) is 10.4 Å². The molecule has 7 nitrogen and oxygen atoms in total. The maximum absolute atomic E-state index is 12.9. The lowest BCUT2D eigenvalue weighted by molar-refractivity contribution is -0.130. The van der Waals surface area contributed by atoms with Crippen LogP contribution in [0.2, 0.25) is 0 Å². The van der Waals surface area contributed by atoms with Gasteiger partial charge in [-0.3, -0.25) is 9.59 Å². The number of benzene rings is 2. The molecule has 0 radical (unpaired) electrons. The molecular weight excluding hydrogens is 340 g/mol. The molecule has 0 saturated carbocycles. The standard InChI is InChI=1S/C19H20O7/c1-22-14-6-4-5-7-16(14)26-18(11-25-12-20)19(21)13-8-9-15(23-2)17(10-13)24-3/h4-10,12,18H,11H2,1-3H3. The molecule has 0 N–H and O–H groups in total. The lowest BCUT2D eigenvalue weighted by Crippen LogP contribution is -2.32. The topological polar surface area (TPSA) is 80.3 Å². The van der Waals surface area contributed by atoms with Crippen LogP contribution in [0.15, 0.2) is 42.5 Å². The zero-order valence-corrected chi connectivity index (χ0v) is 14.8. The predicted octanol–water partition coefficient (Wildman–Crippen LogP) is 2.52. The molecule has 0 heterocycles. The van der Waals surface area contributed by atoms with Gasteiger partial charge < -0.3 is 23.7 Å². The molecule has 0 bridgehead atoms. The number of Topliss-reactive ketones (excluding diaryl/α,β-unsaturated/α-hetero) is 1. The molecular formula is C19H20O7. The van der Waals surface area contributed by atoms with E-state index in [1.54, 1.807) is 42.5 Å². The fraction of sp³-hybridized carbons (Fsp3) is 0.263. The second kappa shape index (κ2) is 9.31.